The van der Waals surface area contributed by atoms with Gasteiger partial charge in [-0.05, 0) is 37.1 Å². The van der Waals surface area contributed by atoms with Gasteiger partial charge in [-0.15, -0.1) is 0 Å². The Morgan fingerprint density at radius 3 is 2.71 bits per heavy atom. The lowest BCUT2D eigenvalue weighted by molar-refractivity contribution is 0.0953. The minimum atomic E-state index is -3.88. The van der Waals surface area contributed by atoms with Crippen LogP contribution < -0.4 is 5.32 Å². The number of imidazole rings is 1. The minimum absolute atomic E-state index is 0.0899. The average molecular weight is 481 g/mol. The molecule has 0 spiro atoms. The van der Waals surface area contributed by atoms with Crippen molar-refractivity contribution in [3.8, 4) is 0 Å². The van der Waals surface area contributed by atoms with Crippen LogP contribution in [0.4, 0.5) is 0 Å². The Morgan fingerprint density at radius 2 is 1.88 bits per heavy atom. The quantitative estimate of drug-likeness (QED) is 0.415. The predicted molar refractivity (Wildman–Crippen MR) is 123 cm³/mol. The summed E-state index contributed by atoms with van der Waals surface area (Å²) < 4.78 is 33.6. The number of nitrogens with one attached hydrogen (secondary N) is 2. The van der Waals surface area contributed by atoms with Gasteiger partial charge in [0, 0.05) is 25.1 Å². The SMILES string of the molecule is O=C(NCCc1nc(C2CCCCN2S(=O)(=O)c2nc3ccccc3[nH]2)no1)c1ccccc1. The first-order chi connectivity index (χ1) is 16.5. The molecule has 0 bridgehead atoms. The maximum absolute atomic E-state index is 13.4. The van der Waals surface area contributed by atoms with Crippen molar-refractivity contribution in [2.75, 3.05) is 13.1 Å². The zero-order chi connectivity index (χ0) is 23.5. The van der Waals surface area contributed by atoms with Gasteiger partial charge in [-0.2, -0.15) is 9.29 Å². The number of hydrogen-bond acceptors (Lipinski definition) is 7. The van der Waals surface area contributed by atoms with Gasteiger partial charge in [-0.1, -0.05) is 41.9 Å². The number of fused-ring (bicyclic) bond motifs is 1. The second kappa shape index (κ2) is 9.35. The van der Waals surface area contributed by atoms with E-state index < -0.39 is 16.1 Å². The Morgan fingerprint density at radius 1 is 1.09 bits per heavy atom. The van der Waals surface area contributed by atoms with Crippen molar-refractivity contribution in [2.45, 2.75) is 36.9 Å². The number of para-hydroxylation sites is 2. The van der Waals surface area contributed by atoms with Crippen molar-refractivity contribution in [2.24, 2.45) is 0 Å². The standard InChI is InChI=1S/C23H24N6O4S/c30-22(16-8-2-1-3-9-16)24-14-13-20-27-21(28-33-20)19-12-6-7-15-29(19)34(31,32)23-25-17-10-4-5-11-18(17)26-23/h1-5,8-11,19H,6-7,12-15H2,(H,24,30)(H,25,26). The summed E-state index contributed by atoms with van der Waals surface area (Å²) in [4.78, 5) is 23.8. The number of H-pyrrole nitrogens is 1. The molecule has 1 aliphatic rings. The van der Waals surface area contributed by atoms with Crippen LogP contribution in [0.2, 0.25) is 0 Å². The fraction of sp³-hybridized carbons (Fsp3) is 0.304. The van der Waals surface area contributed by atoms with Gasteiger partial charge in [0.1, 0.15) is 0 Å². The molecule has 1 fully saturated rings. The molecule has 4 aromatic rings. The third-order valence-corrected chi connectivity index (χ3v) is 7.55. The van der Waals surface area contributed by atoms with Gasteiger partial charge in [0.2, 0.25) is 11.0 Å². The summed E-state index contributed by atoms with van der Waals surface area (Å²) >= 11 is 0. The fourth-order valence-corrected chi connectivity index (χ4v) is 5.67. The highest BCUT2D eigenvalue weighted by molar-refractivity contribution is 7.89. The third-order valence-electron chi connectivity index (χ3n) is 5.82. The first-order valence-electron chi connectivity index (χ1n) is 11.1. The number of aromatic amines is 1. The molecule has 1 saturated heterocycles. The van der Waals surface area contributed by atoms with Crippen molar-refractivity contribution in [3.63, 3.8) is 0 Å². The second-order valence-corrected chi connectivity index (χ2v) is 9.91. The normalized spacial score (nSPS) is 17.1. The number of aromatic nitrogens is 4. The molecule has 10 nitrogen and oxygen atoms in total. The smallest absolute Gasteiger partial charge is 0.277 e. The van der Waals surface area contributed by atoms with E-state index in [1.165, 1.54) is 4.31 Å². The summed E-state index contributed by atoms with van der Waals surface area (Å²) in [5.74, 6) is 0.481. The first-order valence-corrected chi connectivity index (χ1v) is 12.6. The molecule has 34 heavy (non-hydrogen) atoms. The van der Waals surface area contributed by atoms with Gasteiger partial charge >= 0.3 is 0 Å². The van der Waals surface area contributed by atoms with E-state index in [9.17, 15) is 13.2 Å². The summed E-state index contributed by atoms with van der Waals surface area (Å²) in [6, 6.07) is 15.6. The molecule has 2 aromatic carbocycles. The van der Waals surface area contributed by atoms with E-state index in [0.29, 0.717) is 54.2 Å². The molecule has 1 amide bonds. The summed E-state index contributed by atoms with van der Waals surface area (Å²) in [5, 5.41) is 6.79. The summed E-state index contributed by atoms with van der Waals surface area (Å²) in [7, 11) is -3.88. The van der Waals surface area contributed by atoms with E-state index in [4.69, 9.17) is 4.52 Å². The van der Waals surface area contributed by atoms with Crippen molar-refractivity contribution >= 4 is 27.0 Å². The zero-order valence-electron chi connectivity index (χ0n) is 18.3. The molecule has 1 aliphatic heterocycles. The molecule has 5 rings (SSSR count). The van der Waals surface area contributed by atoms with E-state index >= 15 is 0 Å². The molecule has 2 N–H and O–H groups in total. The summed E-state index contributed by atoms with van der Waals surface area (Å²) in [5.41, 5.74) is 1.82. The Labute approximate surface area is 196 Å². The predicted octanol–water partition coefficient (Wildman–Crippen LogP) is 2.83. The molecule has 0 radical (unpaired) electrons. The molecule has 3 heterocycles. The van der Waals surface area contributed by atoms with Crippen LogP contribution in [0.15, 0.2) is 64.3 Å². The lowest BCUT2D eigenvalue weighted by Gasteiger charge is -2.31. The van der Waals surface area contributed by atoms with Crippen molar-refractivity contribution in [1.82, 2.24) is 29.7 Å². The van der Waals surface area contributed by atoms with Gasteiger partial charge in [-0.25, -0.2) is 13.4 Å². The number of carbonyl (C=O) groups excluding carboxylic acids is 1. The van der Waals surface area contributed by atoms with Crippen LogP contribution in [0.1, 0.15) is 47.4 Å². The molecular weight excluding hydrogens is 456 g/mol. The van der Waals surface area contributed by atoms with Gasteiger partial charge < -0.3 is 14.8 Å². The average Bonchev–Trinajstić information content (AvgIpc) is 3.52. The van der Waals surface area contributed by atoms with Crippen LogP contribution in [-0.4, -0.2) is 51.8 Å². The number of benzene rings is 2. The molecule has 1 atom stereocenters. The second-order valence-electron chi connectivity index (χ2n) is 8.10. The first kappa shape index (κ1) is 22.2. The molecule has 1 unspecified atom stereocenters. The molecule has 0 aliphatic carbocycles. The van der Waals surface area contributed by atoms with E-state index in [-0.39, 0.29) is 11.1 Å². The van der Waals surface area contributed by atoms with Gasteiger partial charge in [0.15, 0.2) is 5.82 Å². The topological polar surface area (TPSA) is 134 Å². The molecule has 2 aromatic heterocycles. The minimum Gasteiger partial charge on any atom is -0.352 e. The van der Waals surface area contributed by atoms with Crippen LogP contribution in [0.25, 0.3) is 11.0 Å². The van der Waals surface area contributed by atoms with Crippen molar-refractivity contribution in [3.05, 3.63) is 71.9 Å². The highest BCUT2D eigenvalue weighted by Gasteiger charge is 2.38. The van der Waals surface area contributed by atoms with Crippen LogP contribution in [0, 0.1) is 0 Å². The Balaban J connectivity index is 1.29. The Kier molecular flexibility index (Phi) is 6.12. The lowest BCUT2D eigenvalue weighted by Crippen LogP contribution is -2.39. The number of hydrogen-bond donors (Lipinski definition) is 2. The maximum Gasteiger partial charge on any atom is 0.277 e. The van der Waals surface area contributed by atoms with Gasteiger partial charge in [0.05, 0.1) is 17.1 Å². The van der Waals surface area contributed by atoms with Crippen LogP contribution in [-0.2, 0) is 16.4 Å². The van der Waals surface area contributed by atoms with Crippen molar-refractivity contribution in [1.29, 1.82) is 0 Å². The van der Waals surface area contributed by atoms with Gasteiger partial charge in [0.25, 0.3) is 15.9 Å². The number of carbonyl (C=O) groups is 1. The maximum atomic E-state index is 13.4. The lowest BCUT2D eigenvalue weighted by atomic mass is 10.0. The molecule has 11 heteroatoms. The highest BCUT2D eigenvalue weighted by Crippen LogP contribution is 2.34. The van der Waals surface area contributed by atoms with E-state index in [0.717, 1.165) is 12.8 Å². The van der Waals surface area contributed by atoms with E-state index in [1.54, 1.807) is 36.4 Å². The summed E-state index contributed by atoms with van der Waals surface area (Å²) in [6.45, 7) is 0.669. The fourth-order valence-electron chi connectivity index (χ4n) is 4.09. The van der Waals surface area contributed by atoms with Gasteiger partial charge in [-0.3, -0.25) is 4.79 Å². The highest BCUT2D eigenvalue weighted by atomic mass is 32.2. The Bertz CT molecular complexity index is 1370. The monoisotopic (exact) mass is 480 g/mol. The number of amides is 1. The zero-order valence-corrected chi connectivity index (χ0v) is 19.2. The molecule has 0 saturated carbocycles. The number of piperidine rings is 1. The van der Waals surface area contributed by atoms with Crippen molar-refractivity contribution < 1.29 is 17.7 Å². The van der Waals surface area contributed by atoms with E-state index in [1.807, 2.05) is 18.2 Å². The van der Waals surface area contributed by atoms with Crippen LogP contribution >= 0.6 is 0 Å². The molecular formula is C23H24N6O4S. The van der Waals surface area contributed by atoms with Crippen LogP contribution in [0.5, 0.6) is 0 Å². The number of nitrogens with zero attached hydrogens (tertiary/aromatic N) is 4. The molecule has 176 valence electrons. The largest absolute Gasteiger partial charge is 0.352 e. The number of sulfonamides is 1. The third kappa shape index (κ3) is 4.44. The van der Waals surface area contributed by atoms with E-state index in [2.05, 4.69) is 25.4 Å². The Hall–Kier alpha value is -3.57. The van der Waals surface area contributed by atoms with Crippen LogP contribution in [0.3, 0.4) is 0 Å². The number of rotatable bonds is 7. The summed E-state index contributed by atoms with van der Waals surface area (Å²) in [6.07, 6.45) is 2.53.